The van der Waals surface area contributed by atoms with Crippen LogP contribution in [0.4, 0.5) is 5.69 Å². The van der Waals surface area contributed by atoms with Gasteiger partial charge in [0.1, 0.15) is 5.75 Å². The van der Waals surface area contributed by atoms with Crippen LogP contribution in [0.15, 0.2) is 24.3 Å². The molecule has 4 heteroatoms. The summed E-state index contributed by atoms with van der Waals surface area (Å²) in [5.74, 6) is 0.738. The number of hydrogen-bond donors (Lipinski definition) is 2. The molecule has 96 valence electrons. The fourth-order valence-electron chi connectivity index (χ4n) is 2.47. The number of benzene rings is 1. The molecule has 3 rings (SSSR count). The van der Waals surface area contributed by atoms with Crippen LogP contribution in [0.3, 0.4) is 0 Å². The Hall–Kier alpha value is -1.71. The maximum absolute atomic E-state index is 12.1. The van der Waals surface area contributed by atoms with Crippen molar-refractivity contribution in [3.63, 3.8) is 0 Å². The second-order valence-corrected chi connectivity index (χ2v) is 5.39. The third kappa shape index (κ3) is 2.03. The molecule has 1 heterocycles. The lowest BCUT2D eigenvalue weighted by molar-refractivity contribution is -0.130. The van der Waals surface area contributed by atoms with Gasteiger partial charge in [-0.25, -0.2) is 0 Å². The van der Waals surface area contributed by atoms with Crippen molar-refractivity contribution in [3.8, 4) is 5.75 Å². The van der Waals surface area contributed by atoms with E-state index in [1.165, 1.54) is 6.42 Å². The van der Waals surface area contributed by atoms with Crippen LogP contribution < -0.4 is 15.4 Å². The molecule has 1 aliphatic carbocycles. The Labute approximate surface area is 107 Å². The minimum absolute atomic E-state index is 0.0146. The molecule has 0 saturated heterocycles. The van der Waals surface area contributed by atoms with Gasteiger partial charge in [-0.05, 0) is 38.3 Å². The monoisotopic (exact) mass is 246 g/mol. The second kappa shape index (κ2) is 4.19. The lowest BCUT2D eigenvalue weighted by Crippen LogP contribution is -2.56. The SMILES string of the molecule is CC1(NC(=O)C2CNc3ccccc3O2)CCC1. The first-order chi connectivity index (χ1) is 8.66. The number of ether oxygens (including phenoxy) is 1. The van der Waals surface area contributed by atoms with Crippen molar-refractivity contribution in [3.05, 3.63) is 24.3 Å². The van der Waals surface area contributed by atoms with E-state index < -0.39 is 6.10 Å². The van der Waals surface area contributed by atoms with Crippen LogP contribution in [0.5, 0.6) is 5.75 Å². The quantitative estimate of drug-likeness (QED) is 0.838. The average Bonchev–Trinajstić information content (AvgIpc) is 2.36. The zero-order chi connectivity index (χ0) is 12.6. The molecule has 4 nitrogen and oxygen atoms in total. The van der Waals surface area contributed by atoms with Gasteiger partial charge in [-0.3, -0.25) is 4.79 Å². The Morgan fingerprint density at radius 1 is 1.44 bits per heavy atom. The Morgan fingerprint density at radius 3 is 2.94 bits per heavy atom. The van der Waals surface area contributed by atoms with E-state index in [4.69, 9.17) is 4.74 Å². The number of nitrogens with one attached hydrogen (secondary N) is 2. The van der Waals surface area contributed by atoms with Gasteiger partial charge in [-0.1, -0.05) is 12.1 Å². The molecule has 1 saturated carbocycles. The molecule has 1 amide bonds. The summed E-state index contributed by atoms with van der Waals surface area (Å²) in [7, 11) is 0. The first-order valence-corrected chi connectivity index (χ1v) is 6.48. The van der Waals surface area contributed by atoms with Gasteiger partial charge in [-0.15, -0.1) is 0 Å². The van der Waals surface area contributed by atoms with E-state index in [-0.39, 0.29) is 11.4 Å². The molecule has 1 aromatic rings. The highest BCUT2D eigenvalue weighted by atomic mass is 16.5. The van der Waals surface area contributed by atoms with Gasteiger partial charge >= 0.3 is 0 Å². The first kappa shape index (κ1) is 11.4. The first-order valence-electron chi connectivity index (χ1n) is 6.48. The molecule has 0 bridgehead atoms. The molecule has 0 radical (unpaired) electrons. The van der Waals surface area contributed by atoms with Gasteiger partial charge in [-0.2, -0.15) is 0 Å². The van der Waals surface area contributed by atoms with Crippen molar-refractivity contribution in [2.24, 2.45) is 0 Å². The van der Waals surface area contributed by atoms with Gasteiger partial charge in [0, 0.05) is 5.54 Å². The molecular formula is C14H18N2O2. The molecule has 1 aromatic carbocycles. The summed E-state index contributed by atoms with van der Waals surface area (Å²) in [6, 6.07) is 7.70. The number of amides is 1. The molecule has 1 unspecified atom stereocenters. The van der Waals surface area contributed by atoms with Crippen LogP contribution in [-0.4, -0.2) is 24.1 Å². The fourth-order valence-corrected chi connectivity index (χ4v) is 2.47. The molecule has 1 fully saturated rings. The van der Waals surface area contributed by atoms with Crippen molar-refractivity contribution in [1.82, 2.24) is 5.32 Å². The average molecular weight is 246 g/mol. The smallest absolute Gasteiger partial charge is 0.263 e. The Morgan fingerprint density at radius 2 is 2.22 bits per heavy atom. The summed E-state index contributed by atoms with van der Waals surface area (Å²) in [6.07, 6.45) is 2.89. The van der Waals surface area contributed by atoms with Gasteiger partial charge in [0.25, 0.3) is 5.91 Å². The Bertz CT molecular complexity index is 469. The predicted molar refractivity (Wildman–Crippen MR) is 69.7 cm³/mol. The summed E-state index contributed by atoms with van der Waals surface area (Å²) in [4.78, 5) is 12.1. The van der Waals surface area contributed by atoms with Crippen molar-refractivity contribution < 1.29 is 9.53 Å². The van der Waals surface area contributed by atoms with E-state index in [1.54, 1.807) is 0 Å². The lowest BCUT2D eigenvalue weighted by Gasteiger charge is -2.40. The maximum Gasteiger partial charge on any atom is 0.263 e. The number of carbonyl (C=O) groups is 1. The number of fused-ring (bicyclic) bond motifs is 1. The van der Waals surface area contributed by atoms with Gasteiger partial charge in [0.2, 0.25) is 0 Å². The van der Waals surface area contributed by atoms with Crippen LogP contribution >= 0.6 is 0 Å². The molecule has 18 heavy (non-hydrogen) atoms. The van der Waals surface area contributed by atoms with E-state index in [2.05, 4.69) is 17.6 Å². The fraction of sp³-hybridized carbons (Fsp3) is 0.500. The van der Waals surface area contributed by atoms with Crippen molar-refractivity contribution in [2.75, 3.05) is 11.9 Å². The molecule has 1 atom stereocenters. The van der Waals surface area contributed by atoms with Crippen LogP contribution in [0.1, 0.15) is 26.2 Å². The highest BCUT2D eigenvalue weighted by molar-refractivity contribution is 5.83. The topological polar surface area (TPSA) is 50.4 Å². The minimum atomic E-state index is -0.433. The largest absolute Gasteiger partial charge is 0.477 e. The zero-order valence-corrected chi connectivity index (χ0v) is 10.5. The van der Waals surface area contributed by atoms with E-state index >= 15 is 0 Å². The lowest BCUT2D eigenvalue weighted by atomic mass is 9.78. The number of hydrogen-bond acceptors (Lipinski definition) is 3. The number of para-hydroxylation sites is 2. The van der Waals surface area contributed by atoms with Gasteiger partial charge in [0.15, 0.2) is 6.10 Å². The molecule has 0 aromatic heterocycles. The summed E-state index contributed by atoms with van der Waals surface area (Å²) in [5, 5.41) is 6.32. The molecule has 1 aliphatic heterocycles. The standard InChI is InChI=1S/C14H18N2O2/c1-14(7-4-8-14)16-13(17)12-9-15-10-5-2-3-6-11(10)18-12/h2-3,5-6,12,15H,4,7-9H2,1H3,(H,16,17). The van der Waals surface area contributed by atoms with Crippen LogP contribution in [0.2, 0.25) is 0 Å². The summed E-state index contributed by atoms with van der Waals surface area (Å²) in [5.41, 5.74) is 0.939. The Balaban J connectivity index is 1.66. The molecular weight excluding hydrogens is 228 g/mol. The predicted octanol–water partition coefficient (Wildman–Crippen LogP) is 1.92. The number of carbonyl (C=O) groups excluding carboxylic acids is 1. The second-order valence-electron chi connectivity index (χ2n) is 5.39. The Kier molecular flexibility index (Phi) is 2.65. The number of rotatable bonds is 2. The van der Waals surface area contributed by atoms with E-state index in [0.29, 0.717) is 6.54 Å². The maximum atomic E-state index is 12.1. The third-order valence-electron chi connectivity index (χ3n) is 3.81. The summed E-state index contributed by atoms with van der Waals surface area (Å²) < 4.78 is 5.73. The van der Waals surface area contributed by atoms with Crippen molar-refractivity contribution >= 4 is 11.6 Å². The minimum Gasteiger partial charge on any atom is -0.477 e. The number of anilines is 1. The highest BCUT2D eigenvalue weighted by Crippen LogP contribution is 2.32. The van der Waals surface area contributed by atoms with Crippen LogP contribution in [0.25, 0.3) is 0 Å². The van der Waals surface area contributed by atoms with E-state index in [1.807, 2.05) is 24.3 Å². The van der Waals surface area contributed by atoms with Crippen molar-refractivity contribution in [2.45, 2.75) is 37.8 Å². The third-order valence-corrected chi connectivity index (χ3v) is 3.81. The summed E-state index contributed by atoms with van der Waals surface area (Å²) in [6.45, 7) is 2.62. The molecule has 0 spiro atoms. The normalized spacial score (nSPS) is 23.9. The van der Waals surface area contributed by atoms with E-state index in [0.717, 1.165) is 24.3 Å². The summed E-state index contributed by atoms with van der Waals surface area (Å²) >= 11 is 0. The van der Waals surface area contributed by atoms with Crippen molar-refractivity contribution in [1.29, 1.82) is 0 Å². The molecule has 2 N–H and O–H groups in total. The van der Waals surface area contributed by atoms with Crippen LogP contribution in [0, 0.1) is 0 Å². The molecule has 2 aliphatic rings. The van der Waals surface area contributed by atoms with Gasteiger partial charge < -0.3 is 15.4 Å². The van der Waals surface area contributed by atoms with E-state index in [9.17, 15) is 4.79 Å². The highest BCUT2D eigenvalue weighted by Gasteiger charge is 2.36. The zero-order valence-electron chi connectivity index (χ0n) is 10.5. The van der Waals surface area contributed by atoms with Gasteiger partial charge in [0.05, 0.1) is 12.2 Å². The van der Waals surface area contributed by atoms with Crippen LogP contribution in [-0.2, 0) is 4.79 Å².